The molecule has 5 nitrogen and oxygen atoms in total. The summed E-state index contributed by atoms with van der Waals surface area (Å²) in [6.45, 7) is 2.84. The van der Waals surface area contributed by atoms with Crippen molar-refractivity contribution in [3.63, 3.8) is 0 Å². The Labute approximate surface area is 114 Å². The van der Waals surface area contributed by atoms with Gasteiger partial charge in [-0.15, -0.1) is 0 Å². The van der Waals surface area contributed by atoms with Crippen molar-refractivity contribution in [3.8, 4) is 0 Å². The molecule has 0 aliphatic heterocycles. The molecule has 0 fully saturated rings. The van der Waals surface area contributed by atoms with Crippen molar-refractivity contribution in [3.05, 3.63) is 28.2 Å². The first-order valence-corrected chi connectivity index (χ1v) is 6.31. The lowest BCUT2D eigenvalue weighted by Gasteiger charge is -2.24. The third-order valence-electron chi connectivity index (χ3n) is 2.54. The van der Waals surface area contributed by atoms with Gasteiger partial charge in [-0.05, 0) is 25.1 Å². The molecule has 0 bridgehead atoms. The summed E-state index contributed by atoms with van der Waals surface area (Å²) in [5.41, 5.74) is 6.38. The molecular formula is C12H15BrN2O3. The number of nitrogens with zero attached hydrogens (tertiary/aromatic N) is 1. The summed E-state index contributed by atoms with van der Waals surface area (Å²) in [6, 6.07) is 5.20. The number of primary amides is 1. The quantitative estimate of drug-likeness (QED) is 0.839. The highest BCUT2D eigenvalue weighted by molar-refractivity contribution is 9.10. The smallest absolute Gasteiger partial charge is 0.305 e. The first-order valence-electron chi connectivity index (χ1n) is 5.51. The van der Waals surface area contributed by atoms with Gasteiger partial charge in [-0.1, -0.05) is 15.9 Å². The van der Waals surface area contributed by atoms with E-state index in [0.717, 1.165) is 4.47 Å². The van der Waals surface area contributed by atoms with Crippen LogP contribution in [0.4, 0.5) is 5.69 Å². The molecule has 1 rings (SSSR count). The number of nitrogens with two attached hydrogens (primary N) is 1. The van der Waals surface area contributed by atoms with Crippen LogP contribution in [0.15, 0.2) is 22.7 Å². The van der Waals surface area contributed by atoms with Gasteiger partial charge in [0.2, 0.25) is 0 Å². The van der Waals surface area contributed by atoms with Crippen LogP contribution < -0.4 is 10.6 Å². The van der Waals surface area contributed by atoms with Gasteiger partial charge in [0.25, 0.3) is 5.91 Å². The monoisotopic (exact) mass is 314 g/mol. The number of carbonyl (C=O) groups is 2. The molecule has 0 atom stereocenters. The molecule has 98 valence electrons. The van der Waals surface area contributed by atoms with Gasteiger partial charge >= 0.3 is 5.97 Å². The Morgan fingerprint density at radius 3 is 2.61 bits per heavy atom. The summed E-state index contributed by atoms with van der Waals surface area (Å²) in [7, 11) is 0. The van der Waals surface area contributed by atoms with Gasteiger partial charge < -0.3 is 15.7 Å². The first-order chi connectivity index (χ1) is 8.45. The van der Waals surface area contributed by atoms with Gasteiger partial charge in [0.1, 0.15) is 0 Å². The molecule has 0 saturated carbocycles. The predicted molar refractivity (Wildman–Crippen MR) is 72.8 cm³/mol. The van der Waals surface area contributed by atoms with Gasteiger partial charge in [0.15, 0.2) is 0 Å². The number of hydrogen-bond acceptors (Lipinski definition) is 3. The zero-order chi connectivity index (χ0) is 13.7. The Balaban J connectivity index is 3.04. The fourth-order valence-electron chi connectivity index (χ4n) is 1.66. The van der Waals surface area contributed by atoms with Crippen molar-refractivity contribution in [2.24, 2.45) is 5.73 Å². The largest absolute Gasteiger partial charge is 0.481 e. The van der Waals surface area contributed by atoms with Crippen LogP contribution in [0.25, 0.3) is 0 Å². The minimum Gasteiger partial charge on any atom is -0.481 e. The predicted octanol–water partition coefficient (Wildman–Crippen LogP) is 1.85. The van der Waals surface area contributed by atoms with E-state index < -0.39 is 11.9 Å². The van der Waals surface area contributed by atoms with Crippen LogP contribution in [0.2, 0.25) is 0 Å². The van der Waals surface area contributed by atoms with Crippen LogP contribution >= 0.6 is 15.9 Å². The standard InChI is InChI=1S/C12H15BrN2O3/c1-2-15(6-5-11(16)17)10-4-3-8(13)7-9(10)12(14)18/h3-4,7H,2,5-6H2,1H3,(H2,14,18)(H,16,17). The van der Waals surface area contributed by atoms with Crippen LogP contribution in [-0.2, 0) is 4.79 Å². The van der Waals surface area contributed by atoms with E-state index in [-0.39, 0.29) is 6.42 Å². The number of carboxylic acids is 1. The van der Waals surface area contributed by atoms with Gasteiger partial charge in [-0.25, -0.2) is 0 Å². The van der Waals surface area contributed by atoms with E-state index in [0.29, 0.717) is 24.3 Å². The van der Waals surface area contributed by atoms with E-state index >= 15 is 0 Å². The van der Waals surface area contributed by atoms with Gasteiger partial charge in [0, 0.05) is 23.2 Å². The summed E-state index contributed by atoms with van der Waals surface area (Å²) in [4.78, 5) is 23.8. The fourth-order valence-corrected chi connectivity index (χ4v) is 2.02. The van der Waals surface area contributed by atoms with Crippen LogP contribution in [-0.4, -0.2) is 30.1 Å². The number of hydrogen-bond donors (Lipinski definition) is 2. The maximum atomic E-state index is 11.4. The number of carboxylic acid groups (broad SMARTS) is 1. The van der Waals surface area contributed by atoms with Crippen molar-refractivity contribution in [2.75, 3.05) is 18.0 Å². The number of anilines is 1. The van der Waals surface area contributed by atoms with Crippen LogP contribution in [0.5, 0.6) is 0 Å². The van der Waals surface area contributed by atoms with E-state index in [2.05, 4.69) is 15.9 Å². The summed E-state index contributed by atoms with van der Waals surface area (Å²) in [5, 5.41) is 8.70. The normalized spacial score (nSPS) is 10.1. The van der Waals surface area contributed by atoms with Crippen molar-refractivity contribution < 1.29 is 14.7 Å². The molecule has 0 aromatic heterocycles. The topological polar surface area (TPSA) is 83.6 Å². The first kappa shape index (κ1) is 14.5. The van der Waals surface area contributed by atoms with Gasteiger partial charge in [0.05, 0.1) is 12.0 Å². The van der Waals surface area contributed by atoms with E-state index in [4.69, 9.17) is 10.8 Å². The molecule has 1 aromatic rings. The van der Waals surface area contributed by atoms with Crippen molar-refractivity contribution in [1.82, 2.24) is 0 Å². The second-order valence-corrected chi connectivity index (χ2v) is 4.66. The molecule has 0 saturated heterocycles. The molecule has 18 heavy (non-hydrogen) atoms. The minimum atomic E-state index is -0.869. The Kier molecular flexibility index (Phi) is 5.15. The molecule has 0 heterocycles. The lowest BCUT2D eigenvalue weighted by atomic mass is 10.1. The maximum absolute atomic E-state index is 11.4. The molecule has 1 amide bonds. The fraction of sp³-hybridized carbons (Fsp3) is 0.333. The number of rotatable bonds is 6. The average Bonchev–Trinajstić information content (AvgIpc) is 2.30. The zero-order valence-corrected chi connectivity index (χ0v) is 11.6. The van der Waals surface area contributed by atoms with E-state index in [1.165, 1.54) is 0 Å². The Hall–Kier alpha value is -1.56. The van der Waals surface area contributed by atoms with Crippen molar-refractivity contribution >= 4 is 33.5 Å². The van der Waals surface area contributed by atoms with Crippen LogP contribution in [0.1, 0.15) is 23.7 Å². The molecule has 0 spiro atoms. The maximum Gasteiger partial charge on any atom is 0.305 e. The molecule has 3 N–H and O–H groups in total. The van der Waals surface area contributed by atoms with Gasteiger partial charge in [-0.2, -0.15) is 0 Å². The SMILES string of the molecule is CCN(CCC(=O)O)c1ccc(Br)cc1C(N)=O. The number of benzene rings is 1. The summed E-state index contributed by atoms with van der Waals surface area (Å²) < 4.78 is 0.759. The highest BCUT2D eigenvalue weighted by Gasteiger charge is 2.14. The Morgan fingerprint density at radius 1 is 1.44 bits per heavy atom. The highest BCUT2D eigenvalue weighted by atomic mass is 79.9. The number of amides is 1. The third kappa shape index (κ3) is 3.73. The Bertz CT molecular complexity index is 463. The lowest BCUT2D eigenvalue weighted by molar-refractivity contribution is -0.136. The van der Waals surface area contributed by atoms with Gasteiger partial charge in [-0.3, -0.25) is 9.59 Å². The summed E-state index contributed by atoms with van der Waals surface area (Å²) >= 11 is 3.28. The molecule has 1 aromatic carbocycles. The molecule has 6 heteroatoms. The zero-order valence-electron chi connectivity index (χ0n) is 10.0. The molecule has 0 aliphatic carbocycles. The number of halogens is 1. The van der Waals surface area contributed by atoms with Crippen molar-refractivity contribution in [2.45, 2.75) is 13.3 Å². The molecule has 0 aliphatic rings. The summed E-state index contributed by atoms with van der Waals surface area (Å²) in [6.07, 6.45) is 0.0160. The van der Waals surface area contributed by atoms with Crippen molar-refractivity contribution in [1.29, 1.82) is 0 Å². The molecular weight excluding hydrogens is 300 g/mol. The number of aliphatic carboxylic acids is 1. The highest BCUT2D eigenvalue weighted by Crippen LogP contribution is 2.24. The third-order valence-corrected chi connectivity index (χ3v) is 3.04. The molecule has 0 unspecified atom stereocenters. The molecule has 0 radical (unpaired) electrons. The second-order valence-electron chi connectivity index (χ2n) is 3.75. The van der Waals surface area contributed by atoms with Crippen LogP contribution in [0, 0.1) is 0 Å². The Morgan fingerprint density at radius 2 is 2.11 bits per heavy atom. The van der Waals surface area contributed by atoms with E-state index in [1.54, 1.807) is 18.2 Å². The lowest BCUT2D eigenvalue weighted by Crippen LogP contribution is -2.28. The van der Waals surface area contributed by atoms with E-state index in [9.17, 15) is 9.59 Å². The minimum absolute atomic E-state index is 0.0160. The van der Waals surface area contributed by atoms with E-state index in [1.807, 2.05) is 11.8 Å². The number of carbonyl (C=O) groups excluding carboxylic acids is 1. The summed E-state index contributed by atoms with van der Waals surface area (Å²) in [5.74, 6) is -1.40. The van der Waals surface area contributed by atoms with Crippen LogP contribution in [0.3, 0.4) is 0 Å². The average molecular weight is 315 g/mol. The second kappa shape index (κ2) is 6.39.